The standard InChI is InChI=1S/C107H182O16P2/c1-4-7-10-13-16-19-22-25-28-31-34-37-40-43-46-47-48-49-50-51-52-53-56-58-60-63-66-69-72-75-78-81-84-87-90-93-105(110)117-96-102(108)97-119-124(113,114)120-98-103(109)99-121-125(115,116)122-101-104(123-107(112)95-92-89-86-83-80-77-74-71-68-65-62-59-55-45-42-39-36-33-30-27-24-21-18-15-12-9-6-3)100-118-106(111)94-91-88-85-82-79-76-73-70-67-64-61-57-54-44-41-38-35-32-29-26-23-20-17-14-11-8-5-2/h8-9,11-12,16-21,25-30,34-39,43-46,54-55,61,64,102-104,108-109H,4-7,10,13-15,22-24,31-33,40-42,47-53,56-60,62-63,65-101H2,1-3H3,(H,113,114)(H,115,116)/b11-8-,12-9-,19-16-,20-17-,21-18-,28-25-,29-26-,30-27-,37-34-,38-35-,39-36-,46-43-,54-44-,55-45-,64-61-. The van der Waals surface area contributed by atoms with Gasteiger partial charge in [0.2, 0.25) is 0 Å². The van der Waals surface area contributed by atoms with Crippen LogP contribution in [0.4, 0.5) is 0 Å². The predicted octanol–water partition coefficient (Wildman–Crippen LogP) is 31.6. The maximum absolute atomic E-state index is 13.1. The van der Waals surface area contributed by atoms with Gasteiger partial charge in [0.1, 0.15) is 25.4 Å². The molecule has 125 heavy (non-hydrogen) atoms. The molecule has 0 saturated carbocycles. The molecule has 0 aliphatic rings. The van der Waals surface area contributed by atoms with Gasteiger partial charge in [0, 0.05) is 19.3 Å². The molecule has 0 rings (SSSR count). The average molecular weight is 1790 g/mol. The van der Waals surface area contributed by atoms with E-state index in [1.54, 1.807) is 0 Å². The van der Waals surface area contributed by atoms with Gasteiger partial charge in [-0.15, -0.1) is 0 Å². The Labute approximate surface area is 764 Å². The third-order valence-electron chi connectivity index (χ3n) is 21.1. The molecule has 0 amide bonds. The summed E-state index contributed by atoms with van der Waals surface area (Å²) in [6.45, 7) is 2.47. The first-order valence-electron chi connectivity index (χ1n) is 50.1. The lowest BCUT2D eigenvalue weighted by molar-refractivity contribution is -0.161. The van der Waals surface area contributed by atoms with Crippen molar-refractivity contribution in [2.75, 3.05) is 39.6 Å². The number of aliphatic hydroxyl groups is 2. The van der Waals surface area contributed by atoms with Crippen LogP contribution in [0.3, 0.4) is 0 Å². The lowest BCUT2D eigenvalue weighted by Gasteiger charge is -2.21. The molecule has 0 fully saturated rings. The summed E-state index contributed by atoms with van der Waals surface area (Å²) >= 11 is 0. The first kappa shape index (κ1) is 120. The largest absolute Gasteiger partial charge is 0.472 e. The van der Waals surface area contributed by atoms with Gasteiger partial charge in [0.05, 0.1) is 26.4 Å². The normalized spacial score (nSPS) is 14.5. The second-order valence-corrected chi connectivity index (χ2v) is 36.1. The second kappa shape index (κ2) is 97.7. The highest BCUT2D eigenvalue weighted by molar-refractivity contribution is 7.47. The number of aliphatic hydroxyl groups excluding tert-OH is 2. The zero-order valence-electron chi connectivity index (χ0n) is 79.2. The Morgan fingerprint density at radius 1 is 0.232 bits per heavy atom. The third kappa shape index (κ3) is 99.1. The fourth-order valence-electron chi connectivity index (χ4n) is 13.6. The van der Waals surface area contributed by atoms with E-state index < -0.39 is 91.5 Å². The lowest BCUT2D eigenvalue weighted by Crippen LogP contribution is -2.30. The zero-order chi connectivity index (χ0) is 90.7. The van der Waals surface area contributed by atoms with E-state index in [0.717, 1.165) is 180 Å². The van der Waals surface area contributed by atoms with E-state index in [1.165, 1.54) is 180 Å². The van der Waals surface area contributed by atoms with Gasteiger partial charge in [-0.25, -0.2) is 9.13 Å². The molecule has 0 heterocycles. The Hall–Kier alpha value is -5.35. The van der Waals surface area contributed by atoms with Crippen molar-refractivity contribution in [2.24, 2.45) is 0 Å². The number of hydrogen-bond donors (Lipinski definition) is 4. The number of phosphoric acid groups is 2. The molecule has 0 aromatic carbocycles. The van der Waals surface area contributed by atoms with E-state index in [-0.39, 0.29) is 19.3 Å². The molecule has 4 N–H and O–H groups in total. The number of esters is 3. The van der Waals surface area contributed by atoms with Gasteiger partial charge in [-0.05, 0) is 161 Å². The summed E-state index contributed by atoms with van der Waals surface area (Å²) in [4.78, 5) is 59.2. The fraction of sp³-hybridized carbons (Fsp3) is 0.692. The van der Waals surface area contributed by atoms with Crippen LogP contribution in [-0.2, 0) is 55.8 Å². The Morgan fingerprint density at radius 3 is 0.672 bits per heavy atom. The highest BCUT2D eigenvalue weighted by Crippen LogP contribution is 2.45. The number of carbonyl (C=O) groups is 3. The Bertz CT molecular complexity index is 3000. The molecule has 0 spiro atoms. The Morgan fingerprint density at radius 2 is 0.424 bits per heavy atom. The monoisotopic (exact) mass is 1790 g/mol. The summed E-state index contributed by atoms with van der Waals surface area (Å²) in [5.41, 5.74) is 0. The predicted molar refractivity (Wildman–Crippen MR) is 528 cm³/mol. The van der Waals surface area contributed by atoms with E-state index in [1.807, 2.05) is 0 Å². The van der Waals surface area contributed by atoms with Gasteiger partial charge < -0.3 is 34.2 Å². The summed E-state index contributed by atoms with van der Waals surface area (Å²) in [6.07, 6.45) is 129. The van der Waals surface area contributed by atoms with E-state index in [4.69, 9.17) is 32.3 Å². The summed E-state index contributed by atoms with van der Waals surface area (Å²) < 4.78 is 61.6. The molecule has 16 nitrogen and oxygen atoms in total. The zero-order valence-corrected chi connectivity index (χ0v) is 81.0. The van der Waals surface area contributed by atoms with Crippen molar-refractivity contribution in [2.45, 2.75) is 437 Å². The molecule has 0 aliphatic carbocycles. The molecular weight excluding hydrogens is 1600 g/mol. The third-order valence-corrected chi connectivity index (χ3v) is 23.0. The SMILES string of the molecule is CC/C=C\C/C=C\C/C=C\C/C=C\C/C=C\C/C=C\CCCCCCCCCCC(=O)OCC(COP(=O)(O)OCC(O)COP(=O)(O)OCC(O)COC(=O)CCCCCCCCCCCCCCCCCCCCC/C=C\C/C=C\C/C=C\C/C=C\CCCCC)OC(=O)CCCCCCCCCCCCC/C=C\C/C=C\C/C=C\C/C=C\C/C=C\CC. The fourth-order valence-corrected chi connectivity index (χ4v) is 15.2. The van der Waals surface area contributed by atoms with Crippen molar-refractivity contribution in [1.29, 1.82) is 0 Å². The Kier molecular flexibility index (Phi) is 93.5. The topological polar surface area (TPSA) is 231 Å². The van der Waals surface area contributed by atoms with Crippen molar-refractivity contribution in [3.8, 4) is 0 Å². The van der Waals surface area contributed by atoms with Crippen LogP contribution in [0.5, 0.6) is 0 Å². The molecule has 18 heteroatoms. The number of ether oxygens (including phenoxy) is 3. The van der Waals surface area contributed by atoms with E-state index in [2.05, 4.69) is 203 Å². The van der Waals surface area contributed by atoms with Crippen LogP contribution in [0, 0.1) is 0 Å². The lowest BCUT2D eigenvalue weighted by atomic mass is 10.0. The van der Waals surface area contributed by atoms with E-state index in [0.29, 0.717) is 19.3 Å². The number of hydrogen-bond acceptors (Lipinski definition) is 14. The van der Waals surface area contributed by atoms with E-state index in [9.17, 15) is 43.5 Å². The highest BCUT2D eigenvalue weighted by Gasteiger charge is 2.30. The van der Waals surface area contributed by atoms with Crippen LogP contribution >= 0.6 is 15.6 Å². The second-order valence-electron chi connectivity index (χ2n) is 33.2. The minimum atomic E-state index is -4.95. The molecule has 0 aromatic rings. The maximum atomic E-state index is 13.1. The van der Waals surface area contributed by atoms with E-state index >= 15 is 0 Å². The highest BCUT2D eigenvalue weighted by atomic mass is 31.2. The van der Waals surface area contributed by atoms with Crippen LogP contribution in [0.2, 0.25) is 0 Å². The first-order valence-corrected chi connectivity index (χ1v) is 53.1. The van der Waals surface area contributed by atoms with Crippen molar-refractivity contribution in [1.82, 2.24) is 0 Å². The average Bonchev–Trinajstić information content (AvgIpc) is 0.886. The number of phosphoric ester groups is 2. The molecule has 0 bridgehead atoms. The van der Waals surface area contributed by atoms with Crippen LogP contribution in [0.25, 0.3) is 0 Å². The number of unbranched alkanes of at least 4 members (excludes halogenated alkanes) is 41. The molecule has 0 saturated heterocycles. The molecular formula is C107H182O16P2. The van der Waals surface area contributed by atoms with Crippen LogP contribution < -0.4 is 0 Å². The molecule has 5 unspecified atom stereocenters. The van der Waals surface area contributed by atoms with Crippen molar-refractivity contribution in [3.63, 3.8) is 0 Å². The molecule has 0 radical (unpaired) electrons. The van der Waals surface area contributed by atoms with Crippen LogP contribution in [0.15, 0.2) is 182 Å². The number of carbonyl (C=O) groups excluding carboxylic acids is 3. The molecule has 0 aliphatic heterocycles. The van der Waals surface area contributed by atoms with Gasteiger partial charge >= 0.3 is 33.6 Å². The first-order chi connectivity index (χ1) is 61.2. The van der Waals surface area contributed by atoms with Crippen molar-refractivity contribution in [3.05, 3.63) is 182 Å². The van der Waals surface area contributed by atoms with Gasteiger partial charge in [-0.1, -0.05) is 421 Å². The summed E-state index contributed by atoms with van der Waals surface area (Å²) in [7, 11) is -9.82. The molecule has 716 valence electrons. The summed E-state index contributed by atoms with van der Waals surface area (Å²) in [5.74, 6) is -1.58. The quantitative estimate of drug-likeness (QED) is 0.0146. The summed E-state index contributed by atoms with van der Waals surface area (Å²) in [5, 5.41) is 20.8. The number of allylic oxidation sites excluding steroid dienone is 30. The van der Waals surface area contributed by atoms with Crippen molar-refractivity contribution < 1.29 is 75.8 Å². The molecule has 0 aromatic heterocycles. The van der Waals surface area contributed by atoms with Gasteiger partial charge in [-0.3, -0.25) is 32.5 Å². The van der Waals surface area contributed by atoms with Gasteiger partial charge in [-0.2, -0.15) is 0 Å². The molecule has 5 atom stereocenters. The van der Waals surface area contributed by atoms with Crippen LogP contribution in [0.1, 0.15) is 419 Å². The Balaban J connectivity index is 4.59. The maximum Gasteiger partial charge on any atom is 0.472 e. The van der Waals surface area contributed by atoms with Gasteiger partial charge in [0.15, 0.2) is 6.10 Å². The number of rotatable bonds is 94. The van der Waals surface area contributed by atoms with Crippen LogP contribution in [-0.4, -0.2) is 95.9 Å². The van der Waals surface area contributed by atoms with Crippen molar-refractivity contribution >= 4 is 33.6 Å². The van der Waals surface area contributed by atoms with Gasteiger partial charge in [0.25, 0.3) is 0 Å². The summed E-state index contributed by atoms with van der Waals surface area (Å²) in [6, 6.07) is 0. The smallest absolute Gasteiger partial charge is 0.463 e. The minimum absolute atomic E-state index is 0.0930. The minimum Gasteiger partial charge on any atom is -0.463 e.